The number of anilines is 1. The molecule has 5 nitrogen and oxygen atoms in total. The van der Waals surface area contributed by atoms with Gasteiger partial charge in [0.05, 0.1) is 16.7 Å². The van der Waals surface area contributed by atoms with Crippen LogP contribution in [0.5, 0.6) is 0 Å². The highest BCUT2D eigenvalue weighted by Gasteiger charge is 2.31. The van der Waals surface area contributed by atoms with E-state index < -0.39 is 0 Å². The van der Waals surface area contributed by atoms with Gasteiger partial charge in [-0.25, -0.2) is 15.0 Å². The largest absolute Gasteiger partial charge is 0.355 e. The molecular weight excluding hydrogens is 286 g/mol. The molecule has 3 aromatic rings. The summed E-state index contributed by atoms with van der Waals surface area (Å²) >= 11 is 0. The van der Waals surface area contributed by atoms with E-state index in [1.807, 2.05) is 44.3 Å². The zero-order chi connectivity index (χ0) is 16.0. The molecule has 0 saturated carbocycles. The Morgan fingerprint density at radius 2 is 1.70 bits per heavy atom. The van der Waals surface area contributed by atoms with Gasteiger partial charge in [-0.1, -0.05) is 12.1 Å². The monoisotopic (exact) mass is 305 g/mol. The Kier molecular flexibility index (Phi) is 3.22. The first-order chi connectivity index (χ1) is 11.1. The van der Waals surface area contributed by atoms with Crippen molar-refractivity contribution < 1.29 is 0 Å². The van der Waals surface area contributed by atoms with Gasteiger partial charge < -0.3 is 4.90 Å². The van der Waals surface area contributed by atoms with Crippen LogP contribution in [0.4, 0.5) is 5.82 Å². The molecule has 0 bridgehead atoms. The third kappa shape index (κ3) is 2.42. The molecule has 2 aromatic heterocycles. The minimum Gasteiger partial charge on any atom is -0.355 e. The molecule has 0 aliphatic carbocycles. The molecule has 1 aromatic carbocycles. The first-order valence-electron chi connectivity index (χ1n) is 7.90. The Hall–Kier alpha value is -2.56. The Balaban J connectivity index is 1.57. The molecule has 3 heterocycles. The predicted molar refractivity (Wildman–Crippen MR) is 90.7 cm³/mol. The normalized spacial score (nSPS) is 15.0. The third-order valence-corrected chi connectivity index (χ3v) is 4.54. The van der Waals surface area contributed by atoms with E-state index in [0.717, 1.165) is 47.2 Å². The van der Waals surface area contributed by atoms with Crippen LogP contribution in [0.3, 0.4) is 0 Å². The van der Waals surface area contributed by atoms with E-state index in [9.17, 15) is 0 Å². The number of hydrogen-bond acceptors (Lipinski definition) is 5. The zero-order valence-corrected chi connectivity index (χ0v) is 13.6. The van der Waals surface area contributed by atoms with Crippen molar-refractivity contribution in [3.05, 3.63) is 53.2 Å². The van der Waals surface area contributed by atoms with Crippen LogP contribution in [0.1, 0.15) is 28.7 Å². The van der Waals surface area contributed by atoms with Crippen molar-refractivity contribution in [2.24, 2.45) is 0 Å². The Morgan fingerprint density at radius 1 is 0.957 bits per heavy atom. The van der Waals surface area contributed by atoms with Crippen LogP contribution in [0.2, 0.25) is 0 Å². The molecule has 0 radical (unpaired) electrons. The maximum absolute atomic E-state index is 4.76. The second-order valence-electron chi connectivity index (χ2n) is 6.19. The summed E-state index contributed by atoms with van der Waals surface area (Å²) in [5.74, 6) is 2.30. The van der Waals surface area contributed by atoms with Gasteiger partial charge in [-0.15, -0.1) is 0 Å². The van der Waals surface area contributed by atoms with Crippen LogP contribution in [0.15, 0.2) is 30.5 Å². The van der Waals surface area contributed by atoms with Crippen molar-refractivity contribution >= 4 is 16.9 Å². The minimum atomic E-state index is 0.419. The van der Waals surface area contributed by atoms with Crippen molar-refractivity contribution in [2.45, 2.75) is 26.7 Å². The van der Waals surface area contributed by atoms with E-state index >= 15 is 0 Å². The fraction of sp³-hybridized carbons (Fsp3) is 0.333. The fourth-order valence-corrected chi connectivity index (χ4v) is 3.07. The second-order valence-corrected chi connectivity index (χ2v) is 6.19. The van der Waals surface area contributed by atoms with Gasteiger partial charge in [0, 0.05) is 36.5 Å². The molecule has 4 rings (SSSR count). The number of fused-ring (bicyclic) bond motifs is 1. The smallest absolute Gasteiger partial charge is 0.135 e. The lowest BCUT2D eigenvalue weighted by atomic mass is 9.96. The van der Waals surface area contributed by atoms with Crippen molar-refractivity contribution in [3.8, 4) is 0 Å². The van der Waals surface area contributed by atoms with E-state index in [2.05, 4.69) is 26.8 Å². The van der Waals surface area contributed by atoms with Gasteiger partial charge in [-0.05, 0) is 32.9 Å². The number of aryl methyl sites for hydroxylation is 2. The van der Waals surface area contributed by atoms with Gasteiger partial charge >= 0.3 is 0 Å². The van der Waals surface area contributed by atoms with Gasteiger partial charge in [0.15, 0.2) is 0 Å². The Morgan fingerprint density at radius 3 is 2.48 bits per heavy atom. The Bertz CT molecular complexity index is 884. The van der Waals surface area contributed by atoms with Crippen LogP contribution in [-0.2, 0) is 0 Å². The SMILES string of the molecule is Cc1nc(C)c(C)c(N2CC(c3cnc4ccccc4n3)C2)n1. The molecule has 116 valence electrons. The van der Waals surface area contributed by atoms with Gasteiger partial charge in [0.25, 0.3) is 0 Å². The number of rotatable bonds is 2. The van der Waals surface area contributed by atoms with E-state index in [0.29, 0.717) is 5.92 Å². The van der Waals surface area contributed by atoms with Crippen LogP contribution < -0.4 is 4.90 Å². The number of para-hydroxylation sites is 2. The average Bonchev–Trinajstić information content (AvgIpc) is 2.50. The molecule has 1 aliphatic rings. The van der Waals surface area contributed by atoms with Crippen LogP contribution >= 0.6 is 0 Å². The van der Waals surface area contributed by atoms with E-state index in [4.69, 9.17) is 4.98 Å². The van der Waals surface area contributed by atoms with E-state index in [-0.39, 0.29) is 0 Å². The molecule has 0 unspecified atom stereocenters. The molecular formula is C18H19N5. The molecule has 1 aliphatic heterocycles. The predicted octanol–water partition coefficient (Wildman–Crippen LogP) is 2.95. The average molecular weight is 305 g/mol. The minimum absolute atomic E-state index is 0.419. The maximum atomic E-state index is 4.76. The van der Waals surface area contributed by atoms with Crippen molar-refractivity contribution in [1.82, 2.24) is 19.9 Å². The van der Waals surface area contributed by atoms with E-state index in [1.54, 1.807) is 0 Å². The summed E-state index contributed by atoms with van der Waals surface area (Å²) in [6.45, 7) is 7.95. The van der Waals surface area contributed by atoms with Crippen LogP contribution in [-0.4, -0.2) is 33.0 Å². The molecule has 0 spiro atoms. The van der Waals surface area contributed by atoms with Crippen LogP contribution in [0, 0.1) is 20.8 Å². The summed E-state index contributed by atoms with van der Waals surface area (Å²) in [6, 6.07) is 8.01. The summed E-state index contributed by atoms with van der Waals surface area (Å²) in [5.41, 5.74) is 5.21. The van der Waals surface area contributed by atoms with Gasteiger partial charge in [-0.3, -0.25) is 4.98 Å². The van der Waals surface area contributed by atoms with Crippen molar-refractivity contribution in [2.75, 3.05) is 18.0 Å². The summed E-state index contributed by atoms with van der Waals surface area (Å²) < 4.78 is 0. The number of hydrogen-bond donors (Lipinski definition) is 0. The third-order valence-electron chi connectivity index (χ3n) is 4.54. The lowest BCUT2D eigenvalue weighted by molar-refractivity contribution is 0.506. The fourth-order valence-electron chi connectivity index (χ4n) is 3.07. The van der Waals surface area contributed by atoms with Gasteiger partial charge in [0.2, 0.25) is 0 Å². The zero-order valence-electron chi connectivity index (χ0n) is 13.6. The standard InChI is InChI=1S/C18H19N5/c1-11-12(2)20-13(3)21-18(11)23-9-14(10-23)17-8-19-15-6-4-5-7-16(15)22-17/h4-8,14H,9-10H2,1-3H3. The lowest BCUT2D eigenvalue weighted by Crippen LogP contribution is -2.46. The highest BCUT2D eigenvalue weighted by molar-refractivity contribution is 5.73. The highest BCUT2D eigenvalue weighted by Crippen LogP contribution is 2.32. The molecule has 1 saturated heterocycles. The molecule has 0 N–H and O–H groups in total. The number of benzene rings is 1. The molecule has 5 heteroatoms. The first-order valence-corrected chi connectivity index (χ1v) is 7.90. The molecule has 0 atom stereocenters. The number of aromatic nitrogens is 4. The summed E-state index contributed by atoms with van der Waals surface area (Å²) in [5, 5.41) is 0. The summed E-state index contributed by atoms with van der Waals surface area (Å²) in [4.78, 5) is 20.6. The van der Waals surface area contributed by atoms with Crippen LogP contribution in [0.25, 0.3) is 11.0 Å². The lowest BCUT2D eigenvalue weighted by Gasteiger charge is -2.40. The summed E-state index contributed by atoms with van der Waals surface area (Å²) in [6.07, 6.45) is 1.91. The Labute approximate surface area is 135 Å². The first kappa shape index (κ1) is 14.1. The molecule has 23 heavy (non-hydrogen) atoms. The molecule has 1 fully saturated rings. The van der Waals surface area contributed by atoms with E-state index in [1.165, 1.54) is 5.56 Å². The highest BCUT2D eigenvalue weighted by atomic mass is 15.3. The maximum Gasteiger partial charge on any atom is 0.135 e. The van der Waals surface area contributed by atoms with Gasteiger partial charge in [0.1, 0.15) is 11.6 Å². The van der Waals surface area contributed by atoms with Crippen molar-refractivity contribution in [3.63, 3.8) is 0 Å². The molecule has 0 amide bonds. The second kappa shape index (κ2) is 5.26. The van der Waals surface area contributed by atoms with Crippen molar-refractivity contribution in [1.29, 1.82) is 0 Å². The quantitative estimate of drug-likeness (QED) is 0.728. The number of nitrogens with zero attached hydrogens (tertiary/aromatic N) is 5. The summed E-state index contributed by atoms with van der Waals surface area (Å²) in [7, 11) is 0. The van der Waals surface area contributed by atoms with Gasteiger partial charge in [-0.2, -0.15) is 0 Å². The topological polar surface area (TPSA) is 54.8 Å².